The second kappa shape index (κ2) is 10.8. The Morgan fingerprint density at radius 1 is 1.23 bits per heavy atom. The van der Waals surface area contributed by atoms with E-state index in [0.29, 0.717) is 11.3 Å². The van der Waals surface area contributed by atoms with Crippen molar-refractivity contribution in [1.29, 1.82) is 5.41 Å². The van der Waals surface area contributed by atoms with E-state index in [-0.39, 0.29) is 63.6 Å². The van der Waals surface area contributed by atoms with Crippen molar-refractivity contribution in [2.24, 2.45) is 0 Å². The molecule has 0 spiro atoms. The summed E-state index contributed by atoms with van der Waals surface area (Å²) in [6.07, 6.45) is -1.97. The molecule has 30 heavy (non-hydrogen) atoms. The zero-order valence-electron chi connectivity index (χ0n) is 17.1. The van der Waals surface area contributed by atoms with Crippen molar-refractivity contribution < 1.29 is 79.9 Å². The third kappa shape index (κ3) is 5.37. The van der Waals surface area contributed by atoms with E-state index in [1.807, 2.05) is 6.07 Å². The van der Waals surface area contributed by atoms with Gasteiger partial charge in [-0.05, 0) is 18.1 Å². The van der Waals surface area contributed by atoms with Crippen LogP contribution in [0.4, 0.5) is 14.6 Å². The molecular formula is C20H24F2KN3O4. The molecular weight excluding hydrogens is 423 g/mol. The Morgan fingerprint density at radius 2 is 1.93 bits per heavy atom. The van der Waals surface area contributed by atoms with Crippen LogP contribution in [0.25, 0.3) is 5.32 Å². The van der Waals surface area contributed by atoms with E-state index in [1.54, 1.807) is 26.2 Å². The maximum Gasteiger partial charge on any atom is 1.00 e. The number of H-pyrrole nitrogens is 1. The molecule has 2 aromatic rings. The SMILES string of the molecule is C[N-]c1[nH]ccc1C(C)=N.OC1COC(C2OCC(F)(F)c3ccccc32)C1O.[K+]. The number of aromatic nitrogens is 1. The summed E-state index contributed by atoms with van der Waals surface area (Å²) in [4.78, 5) is 2.93. The summed E-state index contributed by atoms with van der Waals surface area (Å²) < 4.78 is 38.0. The predicted octanol–water partition coefficient (Wildman–Crippen LogP) is 0.0118. The molecule has 158 valence electrons. The van der Waals surface area contributed by atoms with E-state index >= 15 is 0 Å². The van der Waals surface area contributed by atoms with Crippen LogP contribution in [0, 0.1) is 5.41 Å². The molecule has 2 aliphatic heterocycles. The third-order valence-electron chi connectivity index (χ3n) is 4.95. The van der Waals surface area contributed by atoms with Crippen LogP contribution in [0.5, 0.6) is 0 Å². The molecule has 0 saturated carbocycles. The molecule has 0 bridgehead atoms. The predicted molar refractivity (Wildman–Crippen MR) is 103 cm³/mol. The number of aromatic amines is 1. The van der Waals surface area contributed by atoms with E-state index in [1.165, 1.54) is 18.2 Å². The molecule has 1 saturated heterocycles. The fraction of sp³-hybridized carbons (Fsp3) is 0.450. The number of nitrogens with zero attached hydrogens (tertiary/aromatic N) is 1. The van der Waals surface area contributed by atoms with Gasteiger partial charge in [-0.15, -0.1) is 0 Å². The molecule has 0 aliphatic carbocycles. The van der Waals surface area contributed by atoms with E-state index in [0.717, 1.165) is 11.4 Å². The molecule has 3 heterocycles. The quantitative estimate of drug-likeness (QED) is 0.392. The summed E-state index contributed by atoms with van der Waals surface area (Å²) in [6.45, 7) is 0.972. The molecule has 4 atom stereocenters. The molecule has 0 radical (unpaired) electrons. The first-order valence-corrected chi connectivity index (χ1v) is 9.15. The van der Waals surface area contributed by atoms with Crippen molar-refractivity contribution in [3.8, 4) is 0 Å². The first-order valence-electron chi connectivity index (χ1n) is 9.15. The van der Waals surface area contributed by atoms with Crippen LogP contribution in [0.15, 0.2) is 36.5 Å². The van der Waals surface area contributed by atoms with Crippen LogP contribution in [-0.4, -0.2) is 59.5 Å². The molecule has 0 amide bonds. The number of hydrogen-bond acceptors (Lipinski definition) is 5. The topological polar surface area (TPSA) is 113 Å². The summed E-state index contributed by atoms with van der Waals surface area (Å²) in [6, 6.07) is 7.91. The molecule has 1 fully saturated rings. The van der Waals surface area contributed by atoms with Crippen LogP contribution < -0.4 is 51.4 Å². The van der Waals surface area contributed by atoms with Crippen LogP contribution in [0.2, 0.25) is 0 Å². The van der Waals surface area contributed by atoms with Gasteiger partial charge in [-0.25, -0.2) is 0 Å². The van der Waals surface area contributed by atoms with Crippen LogP contribution >= 0.6 is 0 Å². The summed E-state index contributed by atoms with van der Waals surface area (Å²) in [5.74, 6) is -2.26. The molecule has 4 N–H and O–H groups in total. The van der Waals surface area contributed by atoms with E-state index in [9.17, 15) is 19.0 Å². The number of aliphatic hydroxyl groups excluding tert-OH is 2. The van der Waals surface area contributed by atoms with Gasteiger partial charge >= 0.3 is 51.4 Å². The minimum Gasteiger partial charge on any atom is -0.469 e. The minimum absolute atomic E-state index is 0. The molecule has 10 heteroatoms. The monoisotopic (exact) mass is 447 g/mol. The number of benzene rings is 1. The van der Waals surface area contributed by atoms with Crippen molar-refractivity contribution in [3.05, 3.63) is 58.5 Å². The van der Waals surface area contributed by atoms with Gasteiger partial charge < -0.3 is 35.4 Å². The Bertz CT molecular complexity index is 864. The average molecular weight is 448 g/mol. The minimum atomic E-state index is -3.05. The summed E-state index contributed by atoms with van der Waals surface area (Å²) in [7, 11) is 1.71. The first kappa shape index (κ1) is 25.6. The Labute approximate surface area is 216 Å². The van der Waals surface area contributed by atoms with Crippen LogP contribution in [0.1, 0.15) is 29.7 Å². The molecule has 1 aromatic carbocycles. The number of alkyl halides is 2. The van der Waals surface area contributed by atoms with E-state index in [4.69, 9.17) is 14.9 Å². The van der Waals surface area contributed by atoms with Gasteiger partial charge in [0.15, 0.2) is 0 Å². The molecule has 7 nitrogen and oxygen atoms in total. The maximum atomic E-state index is 13.8. The standard InChI is InChI=1S/C13H14F2O4.C7H10N3.K/c14-13(15)6-19-11(7-3-1-2-4-8(7)13)12-10(17)9(16)5-18-12;1-5(8)6-3-4-10-7(6)9-2;/h1-4,9-12,16-17H,5-6H2;3-4,8,10H,1-2H3;/q;-1;+1. The zero-order valence-corrected chi connectivity index (χ0v) is 20.2. The first-order chi connectivity index (χ1) is 13.8. The number of rotatable bonds is 3. The number of halogens is 2. The fourth-order valence-corrected chi connectivity index (χ4v) is 3.45. The van der Waals surface area contributed by atoms with Crippen LogP contribution in [0.3, 0.4) is 0 Å². The maximum absolute atomic E-state index is 13.8. The summed E-state index contributed by atoms with van der Waals surface area (Å²) in [5.41, 5.74) is 1.62. The zero-order chi connectivity index (χ0) is 21.2. The molecule has 4 rings (SSSR count). The smallest absolute Gasteiger partial charge is 0.469 e. The fourth-order valence-electron chi connectivity index (χ4n) is 3.45. The third-order valence-corrected chi connectivity index (χ3v) is 4.95. The van der Waals surface area contributed by atoms with Gasteiger partial charge in [-0.2, -0.15) is 8.78 Å². The summed E-state index contributed by atoms with van der Waals surface area (Å²) in [5, 5.41) is 30.6. The largest absolute Gasteiger partial charge is 1.00 e. The Morgan fingerprint density at radius 3 is 2.50 bits per heavy atom. The Balaban J connectivity index is 0.000000249. The number of aliphatic hydroxyl groups is 2. The normalized spacial score (nSPS) is 26.6. The van der Waals surface area contributed by atoms with E-state index < -0.39 is 36.9 Å². The average Bonchev–Trinajstić information content (AvgIpc) is 3.30. The van der Waals surface area contributed by atoms with Gasteiger partial charge in [0, 0.05) is 11.3 Å². The van der Waals surface area contributed by atoms with Crippen LogP contribution in [-0.2, 0) is 15.4 Å². The second-order valence-electron chi connectivity index (χ2n) is 6.97. The number of fused-ring (bicyclic) bond motifs is 1. The van der Waals surface area contributed by atoms with Crippen molar-refractivity contribution in [3.63, 3.8) is 0 Å². The van der Waals surface area contributed by atoms with Crippen molar-refractivity contribution >= 4 is 11.5 Å². The van der Waals surface area contributed by atoms with E-state index in [2.05, 4.69) is 10.3 Å². The Kier molecular flexibility index (Phi) is 9.16. The van der Waals surface area contributed by atoms with Gasteiger partial charge in [0.25, 0.3) is 5.92 Å². The van der Waals surface area contributed by atoms with Gasteiger partial charge in [0.2, 0.25) is 0 Å². The molecule has 2 aliphatic rings. The van der Waals surface area contributed by atoms with Crippen molar-refractivity contribution in [1.82, 2.24) is 4.98 Å². The number of ether oxygens (including phenoxy) is 2. The van der Waals surface area contributed by atoms with Crippen molar-refractivity contribution in [2.75, 3.05) is 20.3 Å². The summed E-state index contributed by atoms with van der Waals surface area (Å²) >= 11 is 0. The van der Waals surface area contributed by atoms with Crippen molar-refractivity contribution in [2.45, 2.75) is 37.3 Å². The van der Waals surface area contributed by atoms with Gasteiger partial charge in [0.05, 0.1) is 6.61 Å². The number of hydrogen-bond donors (Lipinski definition) is 4. The van der Waals surface area contributed by atoms with Gasteiger partial charge in [-0.3, -0.25) is 0 Å². The Hall–Kier alpha value is -0.694. The molecule has 1 aromatic heterocycles. The second-order valence-corrected chi connectivity index (χ2v) is 6.97. The number of nitrogens with one attached hydrogen (secondary N) is 2. The molecule has 4 unspecified atom stereocenters. The van der Waals surface area contributed by atoms with Gasteiger partial charge in [0.1, 0.15) is 31.0 Å². The van der Waals surface area contributed by atoms with Gasteiger partial charge in [-0.1, -0.05) is 49.4 Å².